The Morgan fingerprint density at radius 1 is 1.19 bits per heavy atom. The smallest absolute Gasteiger partial charge is 0.257 e. The van der Waals surface area contributed by atoms with Gasteiger partial charge in [-0.25, -0.2) is 8.42 Å². The van der Waals surface area contributed by atoms with Crippen LogP contribution in [0.4, 0.5) is 11.4 Å². The summed E-state index contributed by atoms with van der Waals surface area (Å²) in [6, 6.07) is 9.92. The van der Waals surface area contributed by atoms with E-state index in [1.54, 1.807) is 31.2 Å². The SMILES string of the molecule is CCS(=O)(=O)N1CCCc2cc(NC(=O)c3ccc(Cl)cc3Cl)ccc21. The summed E-state index contributed by atoms with van der Waals surface area (Å²) in [5.74, 6) is -0.291. The van der Waals surface area contributed by atoms with E-state index in [1.807, 2.05) is 6.07 Å². The van der Waals surface area contributed by atoms with E-state index in [2.05, 4.69) is 5.32 Å². The van der Waals surface area contributed by atoms with E-state index in [1.165, 1.54) is 10.4 Å². The van der Waals surface area contributed by atoms with Gasteiger partial charge in [0, 0.05) is 17.3 Å². The lowest BCUT2D eigenvalue weighted by Gasteiger charge is -2.30. The van der Waals surface area contributed by atoms with Gasteiger partial charge in [0.1, 0.15) is 0 Å². The molecule has 0 atom stereocenters. The number of aryl methyl sites for hydroxylation is 1. The molecule has 0 spiro atoms. The molecule has 2 aromatic carbocycles. The predicted molar refractivity (Wildman–Crippen MR) is 106 cm³/mol. The molecule has 1 aliphatic rings. The van der Waals surface area contributed by atoms with Crippen LogP contribution in [-0.4, -0.2) is 26.6 Å². The average Bonchev–Trinajstić information content (AvgIpc) is 2.60. The zero-order valence-corrected chi connectivity index (χ0v) is 16.5. The number of sulfonamides is 1. The summed E-state index contributed by atoms with van der Waals surface area (Å²) >= 11 is 11.9. The first-order valence-electron chi connectivity index (χ1n) is 8.21. The summed E-state index contributed by atoms with van der Waals surface area (Å²) in [6.45, 7) is 2.11. The van der Waals surface area contributed by atoms with Crippen molar-refractivity contribution in [2.24, 2.45) is 0 Å². The van der Waals surface area contributed by atoms with Gasteiger partial charge in [-0.1, -0.05) is 23.2 Å². The maximum atomic E-state index is 12.4. The van der Waals surface area contributed by atoms with Crippen LogP contribution < -0.4 is 9.62 Å². The molecule has 1 aliphatic heterocycles. The first-order chi connectivity index (χ1) is 12.3. The number of hydrogen-bond acceptors (Lipinski definition) is 3. The van der Waals surface area contributed by atoms with Gasteiger partial charge in [0.2, 0.25) is 10.0 Å². The topological polar surface area (TPSA) is 66.5 Å². The van der Waals surface area contributed by atoms with E-state index >= 15 is 0 Å². The number of fused-ring (bicyclic) bond motifs is 1. The van der Waals surface area contributed by atoms with E-state index in [9.17, 15) is 13.2 Å². The Labute approximate surface area is 163 Å². The van der Waals surface area contributed by atoms with E-state index in [0.717, 1.165) is 18.4 Å². The molecule has 0 unspecified atom stereocenters. The molecule has 0 bridgehead atoms. The van der Waals surface area contributed by atoms with Crippen molar-refractivity contribution in [3.63, 3.8) is 0 Å². The number of nitrogens with zero attached hydrogens (tertiary/aromatic N) is 1. The molecule has 3 rings (SSSR count). The lowest BCUT2D eigenvalue weighted by atomic mass is 10.0. The van der Waals surface area contributed by atoms with E-state index in [4.69, 9.17) is 23.2 Å². The minimum atomic E-state index is -3.31. The highest BCUT2D eigenvalue weighted by atomic mass is 35.5. The highest BCUT2D eigenvalue weighted by Crippen LogP contribution is 2.32. The van der Waals surface area contributed by atoms with Crippen LogP contribution in [0.1, 0.15) is 29.3 Å². The van der Waals surface area contributed by atoms with Crippen molar-refractivity contribution in [1.29, 1.82) is 0 Å². The quantitative estimate of drug-likeness (QED) is 0.811. The van der Waals surface area contributed by atoms with Gasteiger partial charge in [0.25, 0.3) is 5.91 Å². The van der Waals surface area contributed by atoms with Crippen LogP contribution >= 0.6 is 23.2 Å². The van der Waals surface area contributed by atoms with Crippen molar-refractivity contribution in [2.75, 3.05) is 21.9 Å². The number of nitrogens with one attached hydrogen (secondary N) is 1. The molecule has 1 heterocycles. The Hall–Kier alpha value is -1.76. The Balaban J connectivity index is 1.86. The van der Waals surface area contributed by atoms with Crippen LogP contribution in [0.25, 0.3) is 0 Å². The molecular weight excluding hydrogens is 395 g/mol. The third kappa shape index (κ3) is 3.82. The minimum absolute atomic E-state index is 0.0555. The molecule has 0 fully saturated rings. The van der Waals surface area contributed by atoms with E-state index < -0.39 is 10.0 Å². The number of amides is 1. The van der Waals surface area contributed by atoms with Crippen LogP contribution in [0.5, 0.6) is 0 Å². The van der Waals surface area contributed by atoms with Gasteiger partial charge in [0.05, 0.1) is 22.0 Å². The van der Waals surface area contributed by atoms with Crippen LogP contribution in [-0.2, 0) is 16.4 Å². The number of hydrogen-bond donors (Lipinski definition) is 1. The summed E-state index contributed by atoms with van der Waals surface area (Å²) in [5, 5.41) is 3.53. The Kier molecular flexibility index (Phi) is 5.46. The van der Waals surface area contributed by atoms with Crippen LogP contribution in [0.2, 0.25) is 10.0 Å². The maximum Gasteiger partial charge on any atom is 0.257 e. The summed E-state index contributed by atoms with van der Waals surface area (Å²) in [7, 11) is -3.31. The second-order valence-corrected chi connectivity index (χ2v) is 9.02. The van der Waals surface area contributed by atoms with Crippen molar-refractivity contribution in [3.05, 3.63) is 57.6 Å². The van der Waals surface area contributed by atoms with Crippen LogP contribution in [0.3, 0.4) is 0 Å². The first-order valence-corrected chi connectivity index (χ1v) is 10.6. The van der Waals surface area contributed by atoms with Gasteiger partial charge < -0.3 is 5.32 Å². The second-order valence-electron chi connectivity index (χ2n) is 6.00. The monoisotopic (exact) mass is 412 g/mol. The molecule has 138 valence electrons. The fourth-order valence-corrected chi connectivity index (χ4v) is 4.65. The second kappa shape index (κ2) is 7.47. The van der Waals surface area contributed by atoms with Gasteiger partial charge >= 0.3 is 0 Å². The van der Waals surface area contributed by atoms with Crippen LogP contribution in [0.15, 0.2) is 36.4 Å². The molecule has 1 amide bonds. The van der Waals surface area contributed by atoms with Gasteiger partial charge in [-0.15, -0.1) is 0 Å². The summed E-state index contributed by atoms with van der Waals surface area (Å²) in [4.78, 5) is 12.4. The summed E-state index contributed by atoms with van der Waals surface area (Å²) < 4.78 is 26.0. The maximum absolute atomic E-state index is 12.4. The highest BCUT2D eigenvalue weighted by Gasteiger charge is 2.26. The summed E-state index contributed by atoms with van der Waals surface area (Å²) in [6.07, 6.45) is 1.50. The standard InChI is InChI=1S/C18H18Cl2N2O3S/c1-2-26(24,25)22-9-3-4-12-10-14(6-8-17(12)22)21-18(23)15-7-5-13(19)11-16(15)20/h5-8,10-11H,2-4,9H2,1H3,(H,21,23). The molecule has 5 nitrogen and oxygen atoms in total. The molecule has 2 aromatic rings. The molecule has 8 heteroatoms. The lowest BCUT2D eigenvalue weighted by molar-refractivity contribution is 0.102. The van der Waals surface area contributed by atoms with Crippen molar-refractivity contribution < 1.29 is 13.2 Å². The Bertz CT molecular complexity index is 961. The molecular formula is C18H18Cl2N2O3S. The van der Waals surface area contributed by atoms with Crippen LogP contribution in [0, 0.1) is 0 Å². The van der Waals surface area contributed by atoms with Crippen molar-refractivity contribution in [2.45, 2.75) is 19.8 Å². The third-order valence-electron chi connectivity index (χ3n) is 4.29. The van der Waals surface area contributed by atoms with Crippen molar-refractivity contribution >= 4 is 50.5 Å². The fraction of sp³-hybridized carbons (Fsp3) is 0.278. The normalized spacial score (nSPS) is 14.0. The number of benzene rings is 2. The third-order valence-corrected chi connectivity index (χ3v) is 6.62. The van der Waals surface area contributed by atoms with E-state index in [-0.39, 0.29) is 16.7 Å². The number of halogens is 2. The zero-order valence-electron chi connectivity index (χ0n) is 14.1. The molecule has 1 N–H and O–H groups in total. The van der Waals surface area contributed by atoms with Crippen molar-refractivity contribution in [3.8, 4) is 0 Å². The first kappa shape index (κ1) is 19.0. The van der Waals surface area contributed by atoms with Gasteiger partial charge in [0.15, 0.2) is 0 Å². The molecule has 26 heavy (non-hydrogen) atoms. The Morgan fingerprint density at radius 2 is 1.96 bits per heavy atom. The average molecular weight is 413 g/mol. The van der Waals surface area contributed by atoms with Gasteiger partial charge in [-0.3, -0.25) is 9.10 Å². The van der Waals surface area contributed by atoms with E-state index in [0.29, 0.717) is 28.5 Å². The molecule has 0 saturated carbocycles. The molecule has 0 saturated heterocycles. The lowest BCUT2D eigenvalue weighted by Crippen LogP contribution is -2.36. The van der Waals surface area contributed by atoms with Gasteiger partial charge in [-0.05, 0) is 61.7 Å². The number of anilines is 2. The molecule has 0 aromatic heterocycles. The predicted octanol–water partition coefficient (Wildman–Crippen LogP) is 4.35. The fourth-order valence-electron chi connectivity index (χ4n) is 2.96. The molecule has 0 radical (unpaired) electrons. The number of carbonyl (C=O) groups is 1. The van der Waals surface area contributed by atoms with Crippen molar-refractivity contribution in [1.82, 2.24) is 0 Å². The zero-order chi connectivity index (χ0) is 18.9. The van der Waals surface area contributed by atoms with Gasteiger partial charge in [-0.2, -0.15) is 0 Å². The largest absolute Gasteiger partial charge is 0.322 e. The highest BCUT2D eigenvalue weighted by molar-refractivity contribution is 7.92. The minimum Gasteiger partial charge on any atom is -0.322 e. The Morgan fingerprint density at radius 3 is 2.65 bits per heavy atom. The molecule has 0 aliphatic carbocycles. The summed E-state index contributed by atoms with van der Waals surface area (Å²) in [5.41, 5.74) is 2.49. The number of carbonyl (C=O) groups excluding carboxylic acids is 1. The number of rotatable bonds is 4.